The van der Waals surface area contributed by atoms with E-state index in [1.165, 1.54) is 32.1 Å². The van der Waals surface area contributed by atoms with Crippen LogP contribution in [0.4, 0.5) is 0 Å². The Morgan fingerprint density at radius 2 is 2.00 bits per heavy atom. The Labute approximate surface area is 111 Å². The lowest BCUT2D eigenvalue weighted by Gasteiger charge is -2.38. The van der Waals surface area contributed by atoms with E-state index in [1.54, 1.807) is 0 Å². The average molecular weight is 249 g/mol. The Kier molecular flexibility index (Phi) is 4.10. The minimum Gasteiger partial charge on any atom is -0.327 e. The van der Waals surface area contributed by atoms with Crippen LogP contribution in [0.5, 0.6) is 0 Å². The van der Waals surface area contributed by atoms with Crippen molar-refractivity contribution in [2.75, 3.05) is 0 Å². The van der Waals surface area contributed by atoms with Crippen LogP contribution in [0.15, 0.2) is 12.3 Å². The lowest BCUT2D eigenvalue weighted by Crippen LogP contribution is -2.42. The summed E-state index contributed by atoms with van der Waals surface area (Å²) in [5, 5.41) is 4.61. The zero-order chi connectivity index (χ0) is 13.2. The molecule has 1 atom stereocenters. The van der Waals surface area contributed by atoms with Gasteiger partial charge in [0, 0.05) is 24.7 Å². The Morgan fingerprint density at radius 1 is 1.33 bits per heavy atom. The highest BCUT2D eigenvalue weighted by Crippen LogP contribution is 2.38. The zero-order valence-electron chi connectivity index (χ0n) is 12.0. The van der Waals surface area contributed by atoms with Crippen molar-refractivity contribution in [3.05, 3.63) is 18.0 Å². The molecular weight excluding hydrogens is 222 g/mol. The van der Waals surface area contributed by atoms with Gasteiger partial charge in [-0.05, 0) is 38.2 Å². The number of aromatic nitrogens is 2. The molecule has 102 valence electrons. The van der Waals surface area contributed by atoms with Crippen molar-refractivity contribution in [1.29, 1.82) is 0 Å². The van der Waals surface area contributed by atoms with Gasteiger partial charge >= 0.3 is 0 Å². The van der Waals surface area contributed by atoms with E-state index >= 15 is 0 Å². The van der Waals surface area contributed by atoms with Crippen LogP contribution in [-0.4, -0.2) is 15.8 Å². The minimum atomic E-state index is 0.244. The van der Waals surface area contributed by atoms with Crippen molar-refractivity contribution in [2.24, 2.45) is 11.1 Å². The average Bonchev–Trinajstić information content (AvgIpc) is 2.78. The highest BCUT2D eigenvalue weighted by atomic mass is 15.3. The van der Waals surface area contributed by atoms with Gasteiger partial charge in [0.15, 0.2) is 0 Å². The lowest BCUT2D eigenvalue weighted by atomic mass is 9.70. The largest absolute Gasteiger partial charge is 0.327 e. The van der Waals surface area contributed by atoms with Gasteiger partial charge in [-0.25, -0.2) is 0 Å². The molecule has 1 saturated carbocycles. The minimum absolute atomic E-state index is 0.244. The van der Waals surface area contributed by atoms with E-state index in [9.17, 15) is 0 Å². The van der Waals surface area contributed by atoms with Gasteiger partial charge in [-0.3, -0.25) is 4.68 Å². The van der Waals surface area contributed by atoms with Gasteiger partial charge in [-0.2, -0.15) is 5.10 Å². The quantitative estimate of drug-likeness (QED) is 0.889. The van der Waals surface area contributed by atoms with Crippen LogP contribution < -0.4 is 5.73 Å². The first kappa shape index (κ1) is 13.6. The van der Waals surface area contributed by atoms with Crippen LogP contribution in [0.25, 0.3) is 0 Å². The maximum atomic E-state index is 6.45. The molecule has 3 heteroatoms. The molecule has 0 aromatic carbocycles. The molecule has 2 N–H and O–H groups in total. The van der Waals surface area contributed by atoms with Crippen LogP contribution in [0, 0.1) is 5.41 Å². The van der Waals surface area contributed by atoms with E-state index in [4.69, 9.17) is 5.73 Å². The summed E-state index contributed by atoms with van der Waals surface area (Å²) in [7, 11) is 0. The maximum Gasteiger partial charge on any atom is 0.0640 e. The fourth-order valence-corrected chi connectivity index (χ4v) is 2.98. The monoisotopic (exact) mass is 249 g/mol. The molecule has 0 radical (unpaired) electrons. The van der Waals surface area contributed by atoms with Gasteiger partial charge in [0.25, 0.3) is 0 Å². The van der Waals surface area contributed by atoms with Crippen LogP contribution in [-0.2, 0) is 6.42 Å². The second-order valence-electron chi connectivity index (χ2n) is 6.41. The second kappa shape index (κ2) is 5.43. The molecule has 3 nitrogen and oxygen atoms in total. The number of nitrogens with zero attached hydrogens (tertiary/aromatic N) is 2. The summed E-state index contributed by atoms with van der Waals surface area (Å²) in [6, 6.07) is 2.79. The first-order chi connectivity index (χ1) is 8.51. The van der Waals surface area contributed by atoms with Crippen molar-refractivity contribution in [3.63, 3.8) is 0 Å². The molecule has 1 aliphatic carbocycles. The van der Waals surface area contributed by atoms with E-state index in [1.807, 2.05) is 4.68 Å². The van der Waals surface area contributed by atoms with Gasteiger partial charge < -0.3 is 5.73 Å². The summed E-state index contributed by atoms with van der Waals surface area (Å²) >= 11 is 0. The third-order valence-corrected chi connectivity index (χ3v) is 4.51. The molecule has 1 aromatic heterocycles. The maximum absolute atomic E-state index is 6.45. The third kappa shape index (κ3) is 2.94. The van der Waals surface area contributed by atoms with Crippen molar-refractivity contribution in [2.45, 2.75) is 71.4 Å². The molecule has 0 spiro atoms. The Balaban J connectivity index is 1.99. The SMILES string of the molecule is CC(C)n1ccc(CC(N)C2(C)CCCCC2)n1. The summed E-state index contributed by atoms with van der Waals surface area (Å²) in [4.78, 5) is 0. The van der Waals surface area contributed by atoms with Gasteiger partial charge in [0.2, 0.25) is 0 Å². The molecule has 2 rings (SSSR count). The van der Waals surface area contributed by atoms with Crippen molar-refractivity contribution in [3.8, 4) is 0 Å². The van der Waals surface area contributed by atoms with Crippen molar-refractivity contribution in [1.82, 2.24) is 9.78 Å². The van der Waals surface area contributed by atoms with Crippen molar-refractivity contribution < 1.29 is 0 Å². The van der Waals surface area contributed by atoms with Gasteiger partial charge in [-0.1, -0.05) is 26.2 Å². The van der Waals surface area contributed by atoms with Crippen molar-refractivity contribution >= 4 is 0 Å². The molecule has 18 heavy (non-hydrogen) atoms. The number of hydrogen-bond acceptors (Lipinski definition) is 2. The standard InChI is InChI=1S/C15H27N3/c1-12(2)18-10-7-13(17-18)11-14(16)15(3)8-5-4-6-9-15/h7,10,12,14H,4-6,8-9,11,16H2,1-3H3. The van der Waals surface area contributed by atoms with E-state index < -0.39 is 0 Å². The summed E-state index contributed by atoms with van der Waals surface area (Å²) < 4.78 is 2.02. The second-order valence-corrected chi connectivity index (χ2v) is 6.41. The fraction of sp³-hybridized carbons (Fsp3) is 0.800. The molecular formula is C15H27N3. The molecule has 1 fully saturated rings. The number of hydrogen-bond donors (Lipinski definition) is 1. The molecule has 0 saturated heterocycles. The van der Waals surface area contributed by atoms with Gasteiger partial charge in [0.05, 0.1) is 5.69 Å². The predicted molar refractivity (Wildman–Crippen MR) is 75.5 cm³/mol. The number of rotatable bonds is 4. The summed E-state index contributed by atoms with van der Waals surface area (Å²) in [5.41, 5.74) is 7.91. The molecule has 1 aliphatic rings. The summed E-state index contributed by atoms with van der Waals surface area (Å²) in [5.74, 6) is 0. The highest BCUT2D eigenvalue weighted by Gasteiger charge is 2.33. The fourth-order valence-electron chi connectivity index (χ4n) is 2.98. The van der Waals surface area contributed by atoms with Crippen LogP contribution >= 0.6 is 0 Å². The van der Waals surface area contributed by atoms with E-state index in [2.05, 4.69) is 38.1 Å². The Hall–Kier alpha value is -0.830. The van der Waals surface area contributed by atoms with Crippen LogP contribution in [0.2, 0.25) is 0 Å². The van der Waals surface area contributed by atoms with Crippen LogP contribution in [0.1, 0.15) is 64.6 Å². The summed E-state index contributed by atoms with van der Waals surface area (Å²) in [6.45, 7) is 6.66. The third-order valence-electron chi connectivity index (χ3n) is 4.51. The van der Waals surface area contributed by atoms with Gasteiger partial charge in [-0.15, -0.1) is 0 Å². The van der Waals surface area contributed by atoms with Gasteiger partial charge in [0.1, 0.15) is 0 Å². The van der Waals surface area contributed by atoms with E-state index in [0.717, 1.165) is 12.1 Å². The van der Waals surface area contributed by atoms with Crippen LogP contribution in [0.3, 0.4) is 0 Å². The molecule has 1 heterocycles. The number of nitrogens with two attached hydrogens (primary N) is 1. The smallest absolute Gasteiger partial charge is 0.0640 e. The zero-order valence-corrected chi connectivity index (χ0v) is 12.0. The molecule has 0 amide bonds. The van der Waals surface area contributed by atoms with E-state index in [-0.39, 0.29) is 6.04 Å². The molecule has 1 aromatic rings. The van der Waals surface area contributed by atoms with E-state index in [0.29, 0.717) is 11.5 Å². The molecule has 1 unspecified atom stereocenters. The topological polar surface area (TPSA) is 43.8 Å². The Bertz CT molecular complexity index is 375. The molecule has 0 aliphatic heterocycles. The highest BCUT2D eigenvalue weighted by molar-refractivity contribution is 5.04. The summed E-state index contributed by atoms with van der Waals surface area (Å²) in [6.07, 6.45) is 9.59. The normalized spacial score (nSPS) is 21.2. The first-order valence-electron chi connectivity index (χ1n) is 7.31. The molecule has 0 bridgehead atoms. The predicted octanol–water partition coefficient (Wildman–Crippen LogP) is 3.30. The first-order valence-corrected chi connectivity index (χ1v) is 7.31. The lowest BCUT2D eigenvalue weighted by molar-refractivity contribution is 0.168. The Morgan fingerprint density at radius 3 is 2.56 bits per heavy atom.